The molecule has 1 N–H and O–H groups in total. The second kappa shape index (κ2) is 7.42. The highest BCUT2D eigenvalue weighted by molar-refractivity contribution is 6.05. The molecule has 160 valence electrons. The summed E-state index contributed by atoms with van der Waals surface area (Å²) in [5.41, 5.74) is 0.940. The van der Waals surface area contributed by atoms with E-state index < -0.39 is 11.7 Å². The molecule has 4 aromatic rings. The summed E-state index contributed by atoms with van der Waals surface area (Å²) in [6, 6.07) is 9.17. The van der Waals surface area contributed by atoms with Crippen molar-refractivity contribution in [2.75, 3.05) is 43.4 Å². The number of likely N-dealkylation sites (N-methyl/N-ethyl adjacent to an activating group) is 1. The molecular formula is C22H20F3N5O. The number of fused-ring (bicyclic) bond motifs is 3. The van der Waals surface area contributed by atoms with Crippen LogP contribution in [0, 0.1) is 0 Å². The van der Waals surface area contributed by atoms with Crippen molar-refractivity contribution < 1.29 is 17.6 Å². The Morgan fingerprint density at radius 1 is 0.871 bits per heavy atom. The van der Waals surface area contributed by atoms with Crippen LogP contribution in [0.5, 0.6) is 0 Å². The molecule has 1 saturated heterocycles. The van der Waals surface area contributed by atoms with Crippen LogP contribution in [0.15, 0.2) is 53.2 Å². The van der Waals surface area contributed by atoms with E-state index in [2.05, 4.69) is 32.1 Å². The summed E-state index contributed by atoms with van der Waals surface area (Å²) in [7, 11) is 2.12. The first-order chi connectivity index (χ1) is 14.9. The summed E-state index contributed by atoms with van der Waals surface area (Å²) in [5.74, 6) is 1.17. The van der Waals surface area contributed by atoms with Crippen LogP contribution in [0.3, 0.4) is 0 Å². The Balaban J connectivity index is 1.38. The van der Waals surface area contributed by atoms with Crippen molar-refractivity contribution in [1.29, 1.82) is 0 Å². The molecule has 0 saturated carbocycles. The van der Waals surface area contributed by atoms with Crippen LogP contribution in [0.1, 0.15) is 5.56 Å². The largest absolute Gasteiger partial charge is 0.454 e. The minimum atomic E-state index is -4.42. The summed E-state index contributed by atoms with van der Waals surface area (Å²) in [5, 5.41) is 4.45. The van der Waals surface area contributed by atoms with Gasteiger partial charge in [-0.3, -0.25) is 0 Å². The monoisotopic (exact) mass is 427 g/mol. The fourth-order valence-electron chi connectivity index (χ4n) is 3.77. The number of alkyl halides is 3. The molecule has 0 bridgehead atoms. The van der Waals surface area contributed by atoms with Gasteiger partial charge in [0.05, 0.1) is 23.6 Å². The smallest absolute Gasteiger partial charge is 0.416 e. The molecule has 5 rings (SSSR count). The average Bonchev–Trinajstić information content (AvgIpc) is 3.12. The van der Waals surface area contributed by atoms with Gasteiger partial charge in [-0.25, -0.2) is 9.97 Å². The third-order valence-corrected chi connectivity index (χ3v) is 5.56. The van der Waals surface area contributed by atoms with Crippen LogP contribution in [-0.4, -0.2) is 48.1 Å². The number of halogens is 3. The van der Waals surface area contributed by atoms with Crippen LogP contribution in [-0.2, 0) is 6.18 Å². The maximum atomic E-state index is 13.0. The Kier molecular flexibility index (Phi) is 4.70. The molecule has 1 aromatic carbocycles. The molecule has 0 spiro atoms. The summed E-state index contributed by atoms with van der Waals surface area (Å²) in [6.45, 7) is 3.97. The van der Waals surface area contributed by atoms with E-state index in [1.54, 1.807) is 6.07 Å². The Labute approximate surface area is 176 Å². The third-order valence-electron chi connectivity index (χ3n) is 5.56. The van der Waals surface area contributed by atoms with E-state index in [4.69, 9.17) is 4.42 Å². The van der Waals surface area contributed by atoms with Gasteiger partial charge in [0.15, 0.2) is 5.58 Å². The lowest BCUT2D eigenvalue weighted by Gasteiger charge is -2.33. The van der Waals surface area contributed by atoms with Gasteiger partial charge in [-0.1, -0.05) is 0 Å². The van der Waals surface area contributed by atoms with E-state index in [1.165, 1.54) is 12.3 Å². The van der Waals surface area contributed by atoms with E-state index in [0.29, 0.717) is 28.0 Å². The number of hydrogen-bond donors (Lipinski definition) is 1. The molecule has 0 atom stereocenters. The van der Waals surface area contributed by atoms with Crippen molar-refractivity contribution in [3.8, 4) is 0 Å². The normalized spacial score (nSPS) is 15.7. The average molecular weight is 427 g/mol. The Morgan fingerprint density at radius 3 is 2.35 bits per heavy atom. The molecular weight excluding hydrogens is 407 g/mol. The summed E-state index contributed by atoms with van der Waals surface area (Å²) in [4.78, 5) is 13.4. The minimum absolute atomic E-state index is 0.179. The molecule has 6 nitrogen and oxygen atoms in total. The fourth-order valence-corrected chi connectivity index (χ4v) is 3.77. The van der Waals surface area contributed by atoms with Crippen LogP contribution < -0.4 is 10.2 Å². The predicted octanol–water partition coefficient (Wildman–Crippen LogP) is 4.89. The molecule has 31 heavy (non-hydrogen) atoms. The zero-order valence-electron chi connectivity index (χ0n) is 16.8. The molecule has 0 unspecified atom stereocenters. The number of hydrogen-bond acceptors (Lipinski definition) is 6. The van der Waals surface area contributed by atoms with Crippen LogP contribution in [0.25, 0.3) is 21.9 Å². The van der Waals surface area contributed by atoms with E-state index in [1.807, 2.05) is 18.3 Å². The number of pyridine rings is 2. The number of nitrogens with zero attached hydrogens (tertiary/aromatic N) is 4. The van der Waals surface area contributed by atoms with Gasteiger partial charge in [0.1, 0.15) is 17.2 Å². The Hall–Kier alpha value is -3.33. The molecule has 1 fully saturated rings. The lowest BCUT2D eigenvalue weighted by Crippen LogP contribution is -2.44. The lowest BCUT2D eigenvalue weighted by molar-refractivity contribution is -0.137. The topological polar surface area (TPSA) is 57.4 Å². The second-order valence-electron chi connectivity index (χ2n) is 7.69. The first kappa shape index (κ1) is 19.6. The first-order valence-electron chi connectivity index (χ1n) is 9.93. The van der Waals surface area contributed by atoms with E-state index >= 15 is 0 Å². The highest BCUT2D eigenvalue weighted by atomic mass is 19.4. The van der Waals surface area contributed by atoms with Gasteiger partial charge < -0.3 is 19.5 Å². The maximum Gasteiger partial charge on any atom is 0.416 e. The number of piperazine rings is 1. The molecule has 1 aliphatic heterocycles. The number of aromatic nitrogens is 2. The van der Waals surface area contributed by atoms with Crippen molar-refractivity contribution in [1.82, 2.24) is 14.9 Å². The first-order valence-corrected chi connectivity index (χ1v) is 9.93. The van der Waals surface area contributed by atoms with E-state index in [0.717, 1.165) is 44.0 Å². The SMILES string of the molecule is CN1CCN(c2ccc(Nc3cc4c(cn3)oc3cc(C(F)(F)F)ccc34)nc2)CC1. The third kappa shape index (κ3) is 3.88. The van der Waals surface area contributed by atoms with Crippen molar-refractivity contribution in [2.24, 2.45) is 0 Å². The highest BCUT2D eigenvalue weighted by Crippen LogP contribution is 2.35. The summed E-state index contributed by atoms with van der Waals surface area (Å²) >= 11 is 0. The predicted molar refractivity (Wildman–Crippen MR) is 114 cm³/mol. The molecule has 0 amide bonds. The molecule has 4 heterocycles. The van der Waals surface area contributed by atoms with Crippen LogP contribution >= 0.6 is 0 Å². The van der Waals surface area contributed by atoms with Crippen molar-refractivity contribution in [3.05, 3.63) is 54.4 Å². The van der Waals surface area contributed by atoms with Gasteiger partial charge in [0, 0.05) is 37.0 Å². The molecule has 1 aliphatic rings. The lowest BCUT2D eigenvalue weighted by atomic mass is 10.1. The van der Waals surface area contributed by atoms with Crippen LogP contribution in [0.4, 0.5) is 30.5 Å². The van der Waals surface area contributed by atoms with Gasteiger partial charge in [0.2, 0.25) is 0 Å². The summed E-state index contributed by atoms with van der Waals surface area (Å²) < 4.78 is 44.5. The fraction of sp³-hybridized carbons (Fsp3) is 0.273. The number of nitrogens with one attached hydrogen (secondary N) is 1. The second-order valence-corrected chi connectivity index (χ2v) is 7.69. The molecule has 0 aliphatic carbocycles. The highest BCUT2D eigenvalue weighted by Gasteiger charge is 2.31. The maximum absolute atomic E-state index is 13.0. The zero-order valence-corrected chi connectivity index (χ0v) is 16.8. The summed E-state index contributed by atoms with van der Waals surface area (Å²) in [6.07, 6.45) is -1.08. The Bertz CT molecular complexity index is 1230. The molecule has 0 radical (unpaired) electrons. The zero-order chi connectivity index (χ0) is 21.6. The van der Waals surface area contributed by atoms with Gasteiger partial charge in [0.25, 0.3) is 0 Å². The molecule has 9 heteroatoms. The molecule has 3 aromatic heterocycles. The van der Waals surface area contributed by atoms with E-state index in [-0.39, 0.29) is 5.58 Å². The van der Waals surface area contributed by atoms with Crippen LogP contribution in [0.2, 0.25) is 0 Å². The van der Waals surface area contributed by atoms with Gasteiger partial charge in [-0.15, -0.1) is 0 Å². The minimum Gasteiger partial charge on any atom is -0.454 e. The van der Waals surface area contributed by atoms with Crippen molar-refractivity contribution in [3.63, 3.8) is 0 Å². The van der Waals surface area contributed by atoms with Crippen molar-refractivity contribution in [2.45, 2.75) is 6.18 Å². The van der Waals surface area contributed by atoms with Crippen molar-refractivity contribution >= 4 is 39.3 Å². The number of furan rings is 1. The standard InChI is InChI=1S/C22H20F3N5O/c1-29-6-8-30(9-7-29)15-3-5-20(26-12-15)28-21-11-17-16-4-2-14(22(23,24)25)10-18(16)31-19(17)13-27-21/h2-5,10-13H,6-9H2,1H3,(H,26,27,28). The number of anilines is 3. The number of benzene rings is 1. The van der Waals surface area contributed by atoms with E-state index in [9.17, 15) is 13.2 Å². The number of rotatable bonds is 3. The Morgan fingerprint density at radius 2 is 1.65 bits per heavy atom. The van der Waals surface area contributed by atoms with Gasteiger partial charge >= 0.3 is 6.18 Å². The van der Waals surface area contributed by atoms with Gasteiger partial charge in [-0.05, 0) is 43.4 Å². The quantitative estimate of drug-likeness (QED) is 0.503. The van der Waals surface area contributed by atoms with Gasteiger partial charge in [-0.2, -0.15) is 13.2 Å².